The summed E-state index contributed by atoms with van der Waals surface area (Å²) in [4.78, 5) is 13.3. The van der Waals surface area contributed by atoms with Crippen molar-refractivity contribution in [1.82, 2.24) is 4.90 Å². The van der Waals surface area contributed by atoms with Crippen LogP contribution in [-0.2, 0) is 0 Å². The third-order valence-corrected chi connectivity index (χ3v) is 4.29. The van der Waals surface area contributed by atoms with E-state index in [0.29, 0.717) is 15.7 Å². The predicted octanol–water partition coefficient (Wildman–Crippen LogP) is 4.28. The highest BCUT2D eigenvalue weighted by Crippen LogP contribution is 2.37. The van der Waals surface area contributed by atoms with Crippen LogP contribution in [0.5, 0.6) is 5.75 Å². The summed E-state index contributed by atoms with van der Waals surface area (Å²) in [7, 11) is 0. The fraction of sp³-hybridized carbons (Fsp3) is 0.188. The van der Waals surface area contributed by atoms with Crippen LogP contribution in [0.25, 0.3) is 0 Å². The molecule has 0 saturated heterocycles. The van der Waals surface area contributed by atoms with Gasteiger partial charge in [0.15, 0.2) is 0 Å². The van der Waals surface area contributed by atoms with Crippen molar-refractivity contribution < 1.29 is 23.1 Å². The number of carbonyl (C=O) groups is 1. The number of alkyl halides is 3. The second kappa shape index (κ2) is 6.01. The number of hydrogen-bond donors (Lipinski definition) is 2. The molecule has 1 aliphatic heterocycles. The van der Waals surface area contributed by atoms with Crippen LogP contribution in [0, 0.1) is 0 Å². The van der Waals surface area contributed by atoms with E-state index >= 15 is 0 Å². The van der Waals surface area contributed by atoms with Crippen LogP contribution in [0.3, 0.4) is 0 Å². The fourth-order valence-corrected chi connectivity index (χ4v) is 3.00. The van der Waals surface area contributed by atoms with E-state index in [-0.39, 0.29) is 11.3 Å². The van der Waals surface area contributed by atoms with Gasteiger partial charge in [-0.3, -0.25) is 4.79 Å². The summed E-state index contributed by atoms with van der Waals surface area (Å²) in [5, 5.41) is 12.5. The highest BCUT2D eigenvalue weighted by atomic mass is 79.9. The zero-order valence-electron chi connectivity index (χ0n) is 12.1. The third kappa shape index (κ3) is 3.19. The maximum absolute atomic E-state index is 13.0. The summed E-state index contributed by atoms with van der Waals surface area (Å²) in [6.07, 6.45) is -5.53. The number of benzene rings is 2. The van der Waals surface area contributed by atoms with Crippen LogP contribution >= 0.6 is 15.9 Å². The number of phenolic OH excluding ortho intramolecular Hbond substituents is 1. The number of aromatic hydroxyl groups is 1. The fourth-order valence-electron chi connectivity index (χ4n) is 2.61. The number of amides is 1. The van der Waals surface area contributed by atoms with Crippen molar-refractivity contribution in [2.45, 2.75) is 12.3 Å². The highest BCUT2D eigenvalue weighted by Gasteiger charge is 2.40. The molecule has 24 heavy (non-hydrogen) atoms. The van der Waals surface area contributed by atoms with Gasteiger partial charge in [-0.1, -0.05) is 18.2 Å². The first-order valence-corrected chi connectivity index (χ1v) is 7.77. The zero-order chi connectivity index (χ0) is 17.5. The quantitative estimate of drug-likeness (QED) is 0.790. The van der Waals surface area contributed by atoms with Gasteiger partial charge in [-0.15, -0.1) is 0 Å². The molecule has 8 heteroatoms. The number of hydrogen-bond acceptors (Lipinski definition) is 3. The minimum atomic E-state index is -4.53. The van der Waals surface area contributed by atoms with Crippen LogP contribution in [0.4, 0.5) is 18.9 Å². The Labute approximate surface area is 144 Å². The van der Waals surface area contributed by atoms with Gasteiger partial charge in [0.05, 0.1) is 10.0 Å². The molecule has 3 rings (SSSR count). The number of nitrogens with one attached hydrogen (secondary N) is 1. The Morgan fingerprint density at radius 3 is 2.58 bits per heavy atom. The molecule has 0 radical (unpaired) electrons. The molecular formula is C16H12BrF3N2O2. The van der Waals surface area contributed by atoms with Crippen molar-refractivity contribution in [1.29, 1.82) is 0 Å². The molecule has 0 spiro atoms. The van der Waals surface area contributed by atoms with E-state index in [4.69, 9.17) is 0 Å². The molecule has 0 unspecified atom stereocenters. The molecule has 0 saturated carbocycles. The zero-order valence-corrected chi connectivity index (χ0v) is 13.7. The molecule has 1 amide bonds. The molecule has 0 bridgehead atoms. The summed E-state index contributed by atoms with van der Waals surface area (Å²) in [5.74, 6) is -0.737. The standard InChI is InChI=1S/C16H12BrF3N2O2/c17-11-7-9(5-6-13(11)23)14-21-12-4-2-1-3-10(12)15(24)22(14)8-16(18,19)20/h1-7,14,21,23H,8H2/t14-/m1/s1. The summed E-state index contributed by atoms with van der Waals surface area (Å²) in [6, 6.07) is 10.7. The average Bonchev–Trinajstić information content (AvgIpc) is 2.52. The molecule has 0 aliphatic carbocycles. The number of carbonyl (C=O) groups excluding carboxylic acids is 1. The lowest BCUT2D eigenvalue weighted by atomic mass is 10.0. The van der Waals surface area contributed by atoms with Crippen molar-refractivity contribution in [2.75, 3.05) is 11.9 Å². The molecule has 126 valence electrons. The van der Waals surface area contributed by atoms with Crippen LogP contribution in [-0.4, -0.2) is 28.6 Å². The Kier molecular flexibility index (Phi) is 4.16. The maximum atomic E-state index is 13.0. The Hall–Kier alpha value is -2.22. The molecular weight excluding hydrogens is 389 g/mol. The van der Waals surface area contributed by atoms with E-state index in [1.807, 2.05) is 0 Å². The molecule has 1 heterocycles. The van der Waals surface area contributed by atoms with Crippen molar-refractivity contribution >= 4 is 27.5 Å². The number of anilines is 1. The van der Waals surface area contributed by atoms with Gasteiger partial charge < -0.3 is 15.3 Å². The van der Waals surface area contributed by atoms with Gasteiger partial charge >= 0.3 is 6.18 Å². The second-order valence-electron chi connectivity index (χ2n) is 5.35. The normalized spacial score (nSPS) is 17.4. The largest absolute Gasteiger partial charge is 0.507 e. The molecule has 2 aromatic rings. The number of nitrogens with zero attached hydrogens (tertiary/aromatic N) is 1. The van der Waals surface area contributed by atoms with Crippen molar-refractivity contribution in [2.24, 2.45) is 0 Å². The number of rotatable bonds is 2. The van der Waals surface area contributed by atoms with Gasteiger partial charge in [0, 0.05) is 5.69 Å². The topological polar surface area (TPSA) is 52.6 Å². The lowest BCUT2D eigenvalue weighted by molar-refractivity contribution is -0.144. The van der Waals surface area contributed by atoms with Gasteiger partial charge in [0.25, 0.3) is 5.91 Å². The van der Waals surface area contributed by atoms with Crippen molar-refractivity contribution in [3.63, 3.8) is 0 Å². The average molecular weight is 401 g/mol. The highest BCUT2D eigenvalue weighted by molar-refractivity contribution is 9.10. The second-order valence-corrected chi connectivity index (χ2v) is 6.21. The molecule has 0 aromatic heterocycles. The maximum Gasteiger partial charge on any atom is 0.406 e. The first kappa shape index (κ1) is 16.6. The Morgan fingerprint density at radius 2 is 1.92 bits per heavy atom. The molecule has 4 nitrogen and oxygen atoms in total. The third-order valence-electron chi connectivity index (χ3n) is 3.66. The predicted molar refractivity (Wildman–Crippen MR) is 85.7 cm³/mol. The summed E-state index contributed by atoms with van der Waals surface area (Å²) < 4.78 is 39.2. The number of halogens is 4. The van der Waals surface area contributed by atoms with E-state index in [1.54, 1.807) is 18.2 Å². The lowest BCUT2D eigenvalue weighted by Gasteiger charge is -2.38. The van der Waals surface area contributed by atoms with Crippen LogP contribution < -0.4 is 5.32 Å². The Morgan fingerprint density at radius 1 is 1.21 bits per heavy atom. The van der Waals surface area contributed by atoms with Gasteiger partial charge in [-0.05, 0) is 45.8 Å². The van der Waals surface area contributed by atoms with Crippen LogP contribution in [0.2, 0.25) is 0 Å². The molecule has 2 aromatic carbocycles. The molecule has 2 N–H and O–H groups in total. The Bertz CT molecular complexity index is 795. The van der Waals surface area contributed by atoms with E-state index in [1.165, 1.54) is 24.3 Å². The van der Waals surface area contributed by atoms with Crippen molar-refractivity contribution in [3.8, 4) is 5.75 Å². The summed E-state index contributed by atoms with van der Waals surface area (Å²) in [6.45, 7) is -1.38. The minimum absolute atomic E-state index is 0.0383. The van der Waals surface area contributed by atoms with E-state index in [9.17, 15) is 23.1 Å². The first-order chi connectivity index (χ1) is 11.3. The summed E-state index contributed by atoms with van der Waals surface area (Å²) in [5.41, 5.74) is 1.08. The monoisotopic (exact) mass is 400 g/mol. The molecule has 1 aliphatic rings. The number of fused-ring (bicyclic) bond motifs is 1. The van der Waals surface area contributed by atoms with E-state index < -0.39 is 24.8 Å². The summed E-state index contributed by atoms with van der Waals surface area (Å²) >= 11 is 3.14. The van der Waals surface area contributed by atoms with Crippen molar-refractivity contribution in [3.05, 3.63) is 58.1 Å². The SMILES string of the molecule is O=C1c2ccccc2N[C@@H](c2ccc(O)c(Br)c2)N1CC(F)(F)F. The lowest BCUT2D eigenvalue weighted by Crippen LogP contribution is -2.47. The molecule has 1 atom stereocenters. The first-order valence-electron chi connectivity index (χ1n) is 6.98. The van der Waals surface area contributed by atoms with Gasteiger partial charge in [0.2, 0.25) is 0 Å². The van der Waals surface area contributed by atoms with Gasteiger partial charge in [0.1, 0.15) is 18.5 Å². The number of phenols is 1. The van der Waals surface area contributed by atoms with Gasteiger partial charge in [-0.2, -0.15) is 13.2 Å². The van der Waals surface area contributed by atoms with Crippen LogP contribution in [0.1, 0.15) is 22.1 Å². The van der Waals surface area contributed by atoms with Crippen LogP contribution in [0.15, 0.2) is 46.9 Å². The Balaban J connectivity index is 2.07. The minimum Gasteiger partial charge on any atom is -0.507 e. The van der Waals surface area contributed by atoms with Gasteiger partial charge in [-0.25, -0.2) is 0 Å². The number of para-hydroxylation sites is 1. The van der Waals surface area contributed by atoms with E-state index in [0.717, 1.165) is 4.90 Å². The molecule has 0 fully saturated rings. The smallest absolute Gasteiger partial charge is 0.406 e. The van der Waals surface area contributed by atoms with E-state index in [2.05, 4.69) is 21.2 Å².